The summed E-state index contributed by atoms with van der Waals surface area (Å²) in [6.45, 7) is -0.525. The second-order valence-electron chi connectivity index (χ2n) is 3.10. The van der Waals surface area contributed by atoms with E-state index in [-0.39, 0.29) is 6.54 Å². The molecule has 0 unspecified atom stereocenters. The van der Waals surface area contributed by atoms with Gasteiger partial charge in [-0.1, -0.05) is 0 Å². The fourth-order valence-electron chi connectivity index (χ4n) is 0.988. The lowest BCUT2D eigenvalue weighted by Gasteiger charge is -2.12. The van der Waals surface area contributed by atoms with E-state index in [1.54, 1.807) is 6.07 Å². The molecule has 0 saturated carbocycles. The zero-order valence-corrected chi connectivity index (χ0v) is 8.83. The van der Waals surface area contributed by atoms with Gasteiger partial charge in [-0.3, -0.25) is 0 Å². The van der Waals surface area contributed by atoms with Crippen LogP contribution in [0.4, 0.5) is 4.79 Å². The van der Waals surface area contributed by atoms with Gasteiger partial charge in [0.2, 0.25) is 0 Å². The molecule has 0 saturated heterocycles. The number of aliphatic hydroxyl groups is 1. The summed E-state index contributed by atoms with van der Waals surface area (Å²) in [5.74, 6) is -1.30. The molecule has 0 bridgehead atoms. The molecule has 1 rings (SSSR count). The molecule has 0 aliphatic heterocycles. The second-order valence-corrected chi connectivity index (χ2v) is 3.10. The lowest BCUT2D eigenvalue weighted by atomic mass is 10.3. The van der Waals surface area contributed by atoms with Crippen LogP contribution in [-0.4, -0.2) is 44.8 Å². The van der Waals surface area contributed by atoms with Crippen LogP contribution in [0.3, 0.4) is 0 Å². The van der Waals surface area contributed by atoms with Crippen molar-refractivity contribution in [2.45, 2.75) is 12.6 Å². The van der Waals surface area contributed by atoms with Gasteiger partial charge in [0.25, 0.3) is 0 Å². The van der Waals surface area contributed by atoms with Crippen molar-refractivity contribution < 1.29 is 19.8 Å². The van der Waals surface area contributed by atoms with Crippen LogP contribution in [0.5, 0.6) is 0 Å². The molecule has 8 heteroatoms. The number of aromatic nitrogens is 2. The molecular weight excluding hydrogens is 228 g/mol. The van der Waals surface area contributed by atoms with Crippen LogP contribution in [-0.2, 0) is 11.3 Å². The molecule has 0 aliphatic carbocycles. The van der Waals surface area contributed by atoms with Crippen molar-refractivity contribution >= 4 is 12.0 Å². The number of rotatable bonds is 5. The lowest BCUT2D eigenvalue weighted by molar-refractivity contribution is -0.140. The molecule has 0 fully saturated rings. The SMILES string of the molecule is O=C(NCc1ccncn1)N[C@@H](CO)C(=O)O. The van der Waals surface area contributed by atoms with Gasteiger partial charge < -0.3 is 20.8 Å². The Morgan fingerprint density at radius 2 is 2.24 bits per heavy atom. The van der Waals surface area contributed by atoms with Crippen molar-refractivity contribution in [3.05, 3.63) is 24.3 Å². The van der Waals surface area contributed by atoms with E-state index in [0.29, 0.717) is 5.69 Å². The summed E-state index contributed by atoms with van der Waals surface area (Å²) in [6.07, 6.45) is 2.86. The van der Waals surface area contributed by atoms with E-state index in [1.807, 2.05) is 0 Å². The molecule has 1 atom stereocenters. The highest BCUT2D eigenvalue weighted by molar-refractivity contribution is 5.82. The molecule has 2 amide bonds. The van der Waals surface area contributed by atoms with E-state index in [0.717, 1.165) is 0 Å². The van der Waals surface area contributed by atoms with Gasteiger partial charge in [-0.25, -0.2) is 19.6 Å². The smallest absolute Gasteiger partial charge is 0.328 e. The molecule has 1 heterocycles. The number of carboxylic acid groups (broad SMARTS) is 1. The predicted octanol–water partition coefficient (Wildman–Crippen LogP) is -1.28. The zero-order chi connectivity index (χ0) is 12.7. The van der Waals surface area contributed by atoms with Gasteiger partial charge in [0.15, 0.2) is 6.04 Å². The topological polar surface area (TPSA) is 124 Å². The number of hydrogen-bond donors (Lipinski definition) is 4. The minimum atomic E-state index is -1.32. The average molecular weight is 240 g/mol. The maximum absolute atomic E-state index is 11.3. The highest BCUT2D eigenvalue weighted by Gasteiger charge is 2.18. The monoisotopic (exact) mass is 240 g/mol. The van der Waals surface area contributed by atoms with Crippen molar-refractivity contribution in [2.75, 3.05) is 6.61 Å². The standard InChI is InChI=1S/C9H12N4O4/c14-4-7(8(15)16)13-9(17)11-3-6-1-2-10-5-12-6/h1-2,5,7,14H,3-4H2,(H,15,16)(H2,11,13,17)/t7-/m0/s1. The minimum Gasteiger partial charge on any atom is -0.480 e. The third-order valence-electron chi connectivity index (χ3n) is 1.86. The number of carboxylic acids is 1. The summed E-state index contributed by atoms with van der Waals surface area (Å²) >= 11 is 0. The van der Waals surface area contributed by atoms with Gasteiger partial charge in [0.05, 0.1) is 18.8 Å². The van der Waals surface area contributed by atoms with E-state index >= 15 is 0 Å². The Balaban J connectivity index is 2.37. The van der Waals surface area contributed by atoms with Gasteiger partial charge in [-0.05, 0) is 6.07 Å². The van der Waals surface area contributed by atoms with Gasteiger partial charge in [-0.15, -0.1) is 0 Å². The normalized spacial score (nSPS) is 11.6. The summed E-state index contributed by atoms with van der Waals surface area (Å²) < 4.78 is 0. The number of nitrogens with zero attached hydrogens (tertiary/aromatic N) is 2. The van der Waals surface area contributed by atoms with Crippen LogP contribution in [0.25, 0.3) is 0 Å². The Hall–Kier alpha value is -2.22. The van der Waals surface area contributed by atoms with E-state index in [9.17, 15) is 9.59 Å². The molecule has 1 aromatic heterocycles. The average Bonchev–Trinajstić information content (AvgIpc) is 2.34. The second kappa shape index (κ2) is 6.38. The molecule has 0 spiro atoms. The lowest BCUT2D eigenvalue weighted by Crippen LogP contribution is -2.47. The molecule has 4 N–H and O–H groups in total. The molecule has 0 radical (unpaired) electrons. The van der Waals surface area contributed by atoms with E-state index in [1.165, 1.54) is 12.5 Å². The van der Waals surface area contributed by atoms with Crippen molar-refractivity contribution in [2.24, 2.45) is 0 Å². The maximum Gasteiger partial charge on any atom is 0.328 e. The van der Waals surface area contributed by atoms with Crippen molar-refractivity contribution in [1.29, 1.82) is 0 Å². The Kier molecular flexibility index (Phi) is 4.82. The number of nitrogens with one attached hydrogen (secondary N) is 2. The first-order chi connectivity index (χ1) is 8.13. The molecule has 17 heavy (non-hydrogen) atoms. The van der Waals surface area contributed by atoms with Crippen molar-refractivity contribution in [1.82, 2.24) is 20.6 Å². The number of carbonyl (C=O) groups excluding carboxylic acids is 1. The summed E-state index contributed by atoms with van der Waals surface area (Å²) in [7, 11) is 0. The number of aliphatic carboxylic acids is 1. The van der Waals surface area contributed by atoms with E-state index in [2.05, 4.69) is 20.6 Å². The molecule has 92 valence electrons. The van der Waals surface area contributed by atoms with Crippen LogP contribution in [0.1, 0.15) is 5.69 Å². The Labute approximate surface area is 96.7 Å². The summed E-state index contributed by atoms with van der Waals surface area (Å²) in [6, 6.07) is -0.397. The van der Waals surface area contributed by atoms with Crippen molar-refractivity contribution in [3.63, 3.8) is 0 Å². The highest BCUT2D eigenvalue weighted by atomic mass is 16.4. The molecule has 1 aromatic rings. The Morgan fingerprint density at radius 3 is 2.76 bits per heavy atom. The van der Waals surface area contributed by atoms with Crippen molar-refractivity contribution in [3.8, 4) is 0 Å². The molecule has 0 aromatic carbocycles. The summed E-state index contributed by atoms with van der Waals surface area (Å²) in [5.41, 5.74) is 0.589. The summed E-state index contributed by atoms with van der Waals surface area (Å²) in [5, 5.41) is 21.8. The first kappa shape index (κ1) is 12.8. The third-order valence-corrected chi connectivity index (χ3v) is 1.86. The number of urea groups is 1. The molecular formula is C9H12N4O4. The quantitative estimate of drug-likeness (QED) is 0.508. The Morgan fingerprint density at radius 1 is 1.47 bits per heavy atom. The largest absolute Gasteiger partial charge is 0.480 e. The first-order valence-electron chi connectivity index (χ1n) is 4.76. The van der Waals surface area contributed by atoms with Gasteiger partial charge in [0.1, 0.15) is 6.33 Å². The predicted molar refractivity (Wildman–Crippen MR) is 55.9 cm³/mol. The zero-order valence-electron chi connectivity index (χ0n) is 8.83. The molecule has 0 aliphatic rings. The number of aliphatic hydroxyl groups excluding tert-OH is 1. The minimum absolute atomic E-state index is 0.145. The maximum atomic E-state index is 11.3. The van der Waals surface area contributed by atoms with Crippen LogP contribution < -0.4 is 10.6 Å². The van der Waals surface area contributed by atoms with Crippen LogP contribution >= 0.6 is 0 Å². The van der Waals surface area contributed by atoms with E-state index < -0.39 is 24.6 Å². The highest BCUT2D eigenvalue weighted by Crippen LogP contribution is 1.89. The Bertz CT molecular complexity index is 384. The fourth-order valence-corrected chi connectivity index (χ4v) is 0.988. The summed E-state index contributed by atoms with van der Waals surface area (Å²) in [4.78, 5) is 29.3. The van der Waals surface area contributed by atoms with Gasteiger partial charge in [0, 0.05) is 6.20 Å². The van der Waals surface area contributed by atoms with Crippen LogP contribution in [0.2, 0.25) is 0 Å². The van der Waals surface area contributed by atoms with Gasteiger partial charge >= 0.3 is 12.0 Å². The van der Waals surface area contributed by atoms with Crippen LogP contribution in [0.15, 0.2) is 18.6 Å². The van der Waals surface area contributed by atoms with Gasteiger partial charge in [-0.2, -0.15) is 0 Å². The fraction of sp³-hybridized carbons (Fsp3) is 0.333. The number of amides is 2. The number of carbonyl (C=O) groups is 2. The first-order valence-corrected chi connectivity index (χ1v) is 4.76. The number of hydrogen-bond acceptors (Lipinski definition) is 5. The van der Waals surface area contributed by atoms with E-state index in [4.69, 9.17) is 10.2 Å². The molecule has 8 nitrogen and oxygen atoms in total. The third kappa shape index (κ3) is 4.43. The van der Waals surface area contributed by atoms with Crippen LogP contribution in [0, 0.1) is 0 Å².